The van der Waals surface area contributed by atoms with Gasteiger partial charge < -0.3 is 14.7 Å². The maximum absolute atomic E-state index is 9.73. The number of rotatable bonds is 8. The van der Waals surface area contributed by atoms with Crippen molar-refractivity contribution in [2.75, 3.05) is 45.9 Å². The first-order valence-electron chi connectivity index (χ1n) is 12.4. The zero-order valence-electron chi connectivity index (χ0n) is 20.0. The third kappa shape index (κ3) is 5.60. The number of nitrogens with zero attached hydrogens (tertiary/aromatic N) is 4. The third-order valence-corrected chi connectivity index (χ3v) is 7.19. The highest BCUT2D eigenvalue weighted by Gasteiger charge is 2.33. The highest BCUT2D eigenvalue weighted by atomic mass is 16.5. The normalized spacial score (nSPS) is 22.1. The number of hydrogen-bond acceptors (Lipinski definition) is 6. The summed E-state index contributed by atoms with van der Waals surface area (Å²) >= 11 is 0. The van der Waals surface area contributed by atoms with E-state index in [0.717, 1.165) is 54.9 Å². The van der Waals surface area contributed by atoms with Gasteiger partial charge in [-0.3, -0.25) is 14.8 Å². The Labute approximate surface area is 193 Å². The van der Waals surface area contributed by atoms with Gasteiger partial charge in [-0.05, 0) is 77.4 Å². The summed E-state index contributed by atoms with van der Waals surface area (Å²) < 4.78 is 5.61. The summed E-state index contributed by atoms with van der Waals surface area (Å²) in [6.45, 7) is 13.9. The predicted molar refractivity (Wildman–Crippen MR) is 130 cm³/mol. The van der Waals surface area contributed by atoms with Gasteiger partial charge in [0, 0.05) is 56.3 Å². The molecule has 2 aromatic rings. The molecule has 32 heavy (non-hydrogen) atoms. The monoisotopic (exact) mass is 440 g/mol. The van der Waals surface area contributed by atoms with Crippen LogP contribution in [0, 0.1) is 0 Å². The van der Waals surface area contributed by atoms with E-state index in [2.05, 4.69) is 52.8 Å². The molecule has 2 aliphatic rings. The molecule has 1 aromatic carbocycles. The van der Waals surface area contributed by atoms with Crippen LogP contribution in [0.3, 0.4) is 0 Å². The second-order valence-electron chi connectivity index (χ2n) is 9.59. The fraction of sp³-hybridized carbons (Fsp3) is 0.654. The molecular formula is C26H40N4O2. The van der Waals surface area contributed by atoms with Crippen molar-refractivity contribution in [3.63, 3.8) is 0 Å². The highest BCUT2D eigenvalue weighted by Crippen LogP contribution is 2.25. The average Bonchev–Trinajstić information content (AvgIpc) is 2.80. The van der Waals surface area contributed by atoms with E-state index in [4.69, 9.17) is 9.72 Å². The fourth-order valence-electron chi connectivity index (χ4n) is 5.42. The van der Waals surface area contributed by atoms with Crippen LogP contribution in [-0.2, 0) is 6.54 Å². The second-order valence-corrected chi connectivity index (χ2v) is 9.59. The van der Waals surface area contributed by atoms with Crippen molar-refractivity contribution in [2.45, 2.75) is 64.7 Å². The molecule has 2 aliphatic heterocycles. The van der Waals surface area contributed by atoms with Gasteiger partial charge >= 0.3 is 0 Å². The van der Waals surface area contributed by atoms with Crippen molar-refractivity contribution in [3.8, 4) is 5.75 Å². The van der Waals surface area contributed by atoms with E-state index in [1.165, 1.54) is 25.9 Å². The predicted octanol–water partition coefficient (Wildman–Crippen LogP) is 3.37. The van der Waals surface area contributed by atoms with Crippen LogP contribution in [0.15, 0.2) is 30.3 Å². The van der Waals surface area contributed by atoms with Crippen molar-refractivity contribution in [1.29, 1.82) is 0 Å². The lowest BCUT2D eigenvalue weighted by Crippen LogP contribution is -2.58. The summed E-state index contributed by atoms with van der Waals surface area (Å²) in [7, 11) is 0. The third-order valence-electron chi connectivity index (χ3n) is 7.19. The molecule has 3 heterocycles. The number of fused-ring (bicyclic) bond motifs is 1. The van der Waals surface area contributed by atoms with E-state index in [-0.39, 0.29) is 6.61 Å². The minimum Gasteiger partial charge on any atom is -0.494 e. The van der Waals surface area contributed by atoms with Crippen LogP contribution < -0.4 is 4.74 Å². The Balaban J connectivity index is 1.38. The van der Waals surface area contributed by atoms with Gasteiger partial charge in [0.1, 0.15) is 5.75 Å². The Hall–Kier alpha value is -1.73. The van der Waals surface area contributed by atoms with Crippen LogP contribution in [0.2, 0.25) is 0 Å². The van der Waals surface area contributed by atoms with Crippen LogP contribution in [0.25, 0.3) is 10.9 Å². The van der Waals surface area contributed by atoms with Gasteiger partial charge in [-0.1, -0.05) is 6.07 Å². The van der Waals surface area contributed by atoms with Gasteiger partial charge in [0.15, 0.2) is 0 Å². The standard InChI is InChI=1S/C26H40N4O2/c1-4-32-25-7-8-26-21(17-25)5-6-22(27-26)18-28-14-15-30(24(19-28)11-16-31)23-9-12-29(13-10-23)20(2)3/h5-8,17,20,23-24,31H,4,9-16,18-19H2,1-3H3. The summed E-state index contributed by atoms with van der Waals surface area (Å²) in [4.78, 5) is 12.7. The first-order valence-corrected chi connectivity index (χ1v) is 12.4. The number of ether oxygens (including phenoxy) is 1. The lowest BCUT2D eigenvalue weighted by atomic mass is 9.97. The van der Waals surface area contributed by atoms with Gasteiger partial charge in [0.2, 0.25) is 0 Å². The van der Waals surface area contributed by atoms with Crippen LogP contribution in [0.1, 0.15) is 45.7 Å². The lowest BCUT2D eigenvalue weighted by Gasteiger charge is -2.48. The number of hydrogen-bond donors (Lipinski definition) is 1. The summed E-state index contributed by atoms with van der Waals surface area (Å²) in [5, 5.41) is 10.8. The molecule has 1 atom stereocenters. The Morgan fingerprint density at radius 1 is 1.09 bits per heavy atom. The Morgan fingerprint density at radius 2 is 1.91 bits per heavy atom. The molecule has 0 saturated carbocycles. The van der Waals surface area contributed by atoms with E-state index < -0.39 is 0 Å². The van der Waals surface area contributed by atoms with Crippen LogP contribution in [0.4, 0.5) is 0 Å². The molecule has 176 valence electrons. The summed E-state index contributed by atoms with van der Waals surface area (Å²) in [5.74, 6) is 0.900. The van der Waals surface area contributed by atoms with Gasteiger partial charge in [-0.2, -0.15) is 0 Å². The number of benzene rings is 1. The molecule has 2 saturated heterocycles. The van der Waals surface area contributed by atoms with E-state index in [1.807, 2.05) is 13.0 Å². The zero-order valence-corrected chi connectivity index (χ0v) is 20.0. The van der Waals surface area contributed by atoms with Gasteiger partial charge in [0.25, 0.3) is 0 Å². The summed E-state index contributed by atoms with van der Waals surface area (Å²) in [6, 6.07) is 12.2. The van der Waals surface area contributed by atoms with E-state index >= 15 is 0 Å². The molecule has 1 unspecified atom stereocenters. The smallest absolute Gasteiger partial charge is 0.120 e. The molecule has 1 aromatic heterocycles. The fourth-order valence-corrected chi connectivity index (χ4v) is 5.42. The van der Waals surface area contributed by atoms with E-state index in [0.29, 0.717) is 24.7 Å². The molecule has 6 heteroatoms. The van der Waals surface area contributed by atoms with Gasteiger partial charge in [0.05, 0.1) is 17.8 Å². The number of piperazine rings is 1. The highest BCUT2D eigenvalue weighted by molar-refractivity contribution is 5.80. The quantitative estimate of drug-likeness (QED) is 0.679. The number of likely N-dealkylation sites (tertiary alicyclic amines) is 1. The van der Waals surface area contributed by atoms with Crippen LogP contribution in [0.5, 0.6) is 5.75 Å². The minimum atomic E-state index is 0.260. The van der Waals surface area contributed by atoms with Crippen LogP contribution >= 0.6 is 0 Å². The van der Waals surface area contributed by atoms with Crippen molar-refractivity contribution in [3.05, 3.63) is 36.0 Å². The largest absolute Gasteiger partial charge is 0.494 e. The van der Waals surface area contributed by atoms with Crippen LogP contribution in [-0.4, -0.2) is 88.9 Å². The second kappa shape index (κ2) is 10.9. The number of aliphatic hydroxyl groups excluding tert-OH is 1. The molecule has 0 amide bonds. The molecule has 2 fully saturated rings. The number of piperidine rings is 1. The number of aliphatic hydroxyl groups is 1. The molecule has 0 spiro atoms. The molecule has 4 rings (SSSR count). The molecule has 0 radical (unpaired) electrons. The number of pyridine rings is 1. The van der Waals surface area contributed by atoms with Crippen molar-refractivity contribution < 1.29 is 9.84 Å². The average molecular weight is 441 g/mol. The van der Waals surface area contributed by atoms with Crippen molar-refractivity contribution >= 4 is 10.9 Å². The minimum absolute atomic E-state index is 0.260. The van der Waals surface area contributed by atoms with Crippen molar-refractivity contribution in [2.24, 2.45) is 0 Å². The Kier molecular flexibility index (Phi) is 8.00. The number of aromatic nitrogens is 1. The Morgan fingerprint density at radius 3 is 2.62 bits per heavy atom. The van der Waals surface area contributed by atoms with Gasteiger partial charge in [-0.25, -0.2) is 0 Å². The maximum Gasteiger partial charge on any atom is 0.120 e. The topological polar surface area (TPSA) is 52.1 Å². The molecule has 0 aliphatic carbocycles. The first-order chi connectivity index (χ1) is 15.6. The molecule has 6 nitrogen and oxygen atoms in total. The first kappa shape index (κ1) is 23.4. The zero-order chi connectivity index (χ0) is 22.5. The van der Waals surface area contributed by atoms with E-state index in [9.17, 15) is 5.11 Å². The SMILES string of the molecule is CCOc1ccc2nc(CN3CCN(C4CCN(C(C)C)CC4)C(CCO)C3)ccc2c1. The van der Waals surface area contributed by atoms with Crippen molar-refractivity contribution in [1.82, 2.24) is 19.7 Å². The maximum atomic E-state index is 9.73. The summed E-state index contributed by atoms with van der Waals surface area (Å²) in [5.41, 5.74) is 2.14. The molecular weight excluding hydrogens is 400 g/mol. The van der Waals surface area contributed by atoms with E-state index in [1.54, 1.807) is 0 Å². The molecule has 0 bridgehead atoms. The Bertz CT molecular complexity index is 866. The molecule has 1 N–H and O–H groups in total. The summed E-state index contributed by atoms with van der Waals surface area (Å²) in [6.07, 6.45) is 3.35. The van der Waals surface area contributed by atoms with Gasteiger partial charge in [-0.15, -0.1) is 0 Å². The lowest BCUT2D eigenvalue weighted by molar-refractivity contribution is -0.000314.